The summed E-state index contributed by atoms with van der Waals surface area (Å²) in [5.74, 6) is 0.453. The molecule has 0 bridgehead atoms. The Kier molecular flexibility index (Phi) is 6.50. The largest absolute Gasteiger partial charge is 0.342 e. The van der Waals surface area contributed by atoms with Gasteiger partial charge in [0, 0.05) is 43.0 Å². The number of piperidine rings is 2. The molecular formula is C22H26ClN3O2S. The number of nitrogens with zero attached hydrogens (tertiary/aromatic N) is 3. The highest BCUT2D eigenvalue weighted by atomic mass is 35.5. The van der Waals surface area contributed by atoms with Crippen LogP contribution in [0.4, 0.5) is 0 Å². The van der Waals surface area contributed by atoms with E-state index in [4.69, 9.17) is 11.6 Å². The number of likely N-dealkylation sites (tertiary alicyclic amines) is 2. The van der Waals surface area contributed by atoms with Crippen LogP contribution in [0, 0.1) is 5.92 Å². The van der Waals surface area contributed by atoms with Crippen LogP contribution in [0.1, 0.15) is 37.8 Å². The van der Waals surface area contributed by atoms with Gasteiger partial charge >= 0.3 is 0 Å². The van der Waals surface area contributed by atoms with E-state index in [0.29, 0.717) is 30.4 Å². The fraction of sp³-hybridized carbons (Fsp3) is 0.500. The van der Waals surface area contributed by atoms with Crippen molar-refractivity contribution in [1.82, 2.24) is 14.8 Å². The van der Waals surface area contributed by atoms with Gasteiger partial charge in [0.05, 0.1) is 17.1 Å². The van der Waals surface area contributed by atoms with E-state index in [9.17, 15) is 9.59 Å². The van der Waals surface area contributed by atoms with Crippen LogP contribution in [0.25, 0.3) is 10.6 Å². The number of carbonyl (C=O) groups excluding carboxylic acids is 2. The van der Waals surface area contributed by atoms with E-state index in [1.165, 1.54) is 17.8 Å². The second-order valence-corrected chi connectivity index (χ2v) is 9.11. The van der Waals surface area contributed by atoms with E-state index in [1.54, 1.807) is 0 Å². The molecule has 1 aromatic carbocycles. The van der Waals surface area contributed by atoms with Crippen LogP contribution < -0.4 is 0 Å². The maximum absolute atomic E-state index is 12.7. The van der Waals surface area contributed by atoms with Crippen LogP contribution in [0.5, 0.6) is 0 Å². The SMILES string of the molecule is O=C(Cc1csc(-c2ccccc2Cl)n1)N1CCC(C(=O)N2CCCCC2)CC1. The van der Waals surface area contributed by atoms with Crippen molar-refractivity contribution in [1.29, 1.82) is 0 Å². The van der Waals surface area contributed by atoms with E-state index in [0.717, 1.165) is 55.0 Å². The smallest absolute Gasteiger partial charge is 0.228 e. The normalized spacial score (nSPS) is 18.1. The minimum atomic E-state index is 0.0725. The van der Waals surface area contributed by atoms with Gasteiger partial charge in [0.25, 0.3) is 0 Å². The molecule has 5 nitrogen and oxygen atoms in total. The first-order chi connectivity index (χ1) is 14.1. The standard InChI is InChI=1S/C22H26ClN3O2S/c23-19-7-3-2-6-18(19)21-24-17(15-29-21)14-20(27)25-12-8-16(9-13-25)22(28)26-10-4-1-5-11-26/h2-3,6-7,15-16H,1,4-5,8-14H2. The lowest BCUT2D eigenvalue weighted by Crippen LogP contribution is -2.46. The van der Waals surface area contributed by atoms with Crippen LogP contribution in [0.2, 0.25) is 5.02 Å². The molecule has 4 rings (SSSR count). The van der Waals surface area contributed by atoms with Gasteiger partial charge in [-0.15, -0.1) is 11.3 Å². The van der Waals surface area contributed by atoms with Crippen molar-refractivity contribution in [3.05, 3.63) is 40.4 Å². The summed E-state index contributed by atoms with van der Waals surface area (Å²) >= 11 is 7.76. The highest BCUT2D eigenvalue weighted by Gasteiger charge is 2.30. The maximum atomic E-state index is 12.7. The highest BCUT2D eigenvalue weighted by molar-refractivity contribution is 7.13. The Labute approximate surface area is 180 Å². The second kappa shape index (κ2) is 9.26. The van der Waals surface area contributed by atoms with Crippen LogP contribution in [0.3, 0.4) is 0 Å². The Morgan fingerprint density at radius 3 is 2.48 bits per heavy atom. The summed E-state index contributed by atoms with van der Waals surface area (Å²) in [4.78, 5) is 33.9. The minimum Gasteiger partial charge on any atom is -0.342 e. The highest BCUT2D eigenvalue weighted by Crippen LogP contribution is 2.30. The first-order valence-electron chi connectivity index (χ1n) is 10.4. The van der Waals surface area contributed by atoms with Crippen LogP contribution >= 0.6 is 22.9 Å². The van der Waals surface area contributed by atoms with Crippen molar-refractivity contribution in [3.63, 3.8) is 0 Å². The Hall–Kier alpha value is -1.92. The van der Waals surface area contributed by atoms with E-state index in [2.05, 4.69) is 4.98 Å². The fourth-order valence-electron chi connectivity index (χ4n) is 4.16. The lowest BCUT2D eigenvalue weighted by Gasteiger charge is -2.35. The summed E-state index contributed by atoms with van der Waals surface area (Å²) < 4.78 is 0. The Balaban J connectivity index is 1.30. The average molecular weight is 432 g/mol. The van der Waals surface area contributed by atoms with Gasteiger partial charge in [0.1, 0.15) is 5.01 Å². The number of hydrogen-bond acceptors (Lipinski definition) is 4. The third-order valence-electron chi connectivity index (χ3n) is 5.85. The molecule has 0 aliphatic carbocycles. The molecule has 2 fully saturated rings. The molecule has 2 amide bonds. The fourth-order valence-corrected chi connectivity index (χ4v) is 5.30. The summed E-state index contributed by atoms with van der Waals surface area (Å²) in [5, 5.41) is 3.44. The van der Waals surface area contributed by atoms with Gasteiger partial charge < -0.3 is 9.80 Å². The molecule has 0 radical (unpaired) electrons. The topological polar surface area (TPSA) is 53.5 Å². The molecule has 29 heavy (non-hydrogen) atoms. The number of hydrogen-bond donors (Lipinski definition) is 0. The molecule has 0 atom stereocenters. The first-order valence-corrected chi connectivity index (χ1v) is 11.6. The third kappa shape index (κ3) is 4.81. The van der Waals surface area contributed by atoms with E-state index in [-0.39, 0.29) is 11.8 Å². The molecule has 7 heteroatoms. The summed E-state index contributed by atoms with van der Waals surface area (Å²) in [5.41, 5.74) is 1.68. The molecule has 0 unspecified atom stereocenters. The third-order valence-corrected chi connectivity index (χ3v) is 7.11. The van der Waals surface area contributed by atoms with Crippen molar-refractivity contribution < 1.29 is 9.59 Å². The van der Waals surface area contributed by atoms with Crippen molar-refractivity contribution in [2.45, 2.75) is 38.5 Å². The molecule has 3 heterocycles. The van der Waals surface area contributed by atoms with Gasteiger partial charge in [0.2, 0.25) is 11.8 Å². The zero-order chi connectivity index (χ0) is 20.2. The van der Waals surface area contributed by atoms with Gasteiger partial charge in [-0.25, -0.2) is 4.98 Å². The van der Waals surface area contributed by atoms with Crippen LogP contribution in [-0.4, -0.2) is 52.8 Å². The summed E-state index contributed by atoms with van der Waals surface area (Å²) in [7, 11) is 0. The van der Waals surface area contributed by atoms with Gasteiger partial charge in [-0.05, 0) is 38.2 Å². The van der Waals surface area contributed by atoms with Gasteiger partial charge in [-0.2, -0.15) is 0 Å². The number of benzene rings is 1. The molecular weight excluding hydrogens is 406 g/mol. The van der Waals surface area contributed by atoms with Crippen LogP contribution in [0.15, 0.2) is 29.6 Å². The summed E-state index contributed by atoms with van der Waals surface area (Å²) in [6, 6.07) is 7.61. The monoisotopic (exact) mass is 431 g/mol. The van der Waals surface area contributed by atoms with E-state index >= 15 is 0 Å². The molecule has 1 aromatic heterocycles. The maximum Gasteiger partial charge on any atom is 0.228 e. The minimum absolute atomic E-state index is 0.0725. The number of thiazole rings is 1. The molecule has 0 spiro atoms. The molecule has 154 valence electrons. The van der Waals surface area contributed by atoms with Crippen molar-refractivity contribution in [2.75, 3.05) is 26.2 Å². The molecule has 2 aromatic rings. The zero-order valence-electron chi connectivity index (χ0n) is 16.5. The summed E-state index contributed by atoms with van der Waals surface area (Å²) in [6.45, 7) is 3.11. The number of carbonyl (C=O) groups is 2. The van der Waals surface area contributed by atoms with Crippen molar-refractivity contribution in [3.8, 4) is 10.6 Å². The Bertz CT molecular complexity index is 870. The van der Waals surface area contributed by atoms with Crippen molar-refractivity contribution in [2.24, 2.45) is 5.92 Å². The molecule has 2 saturated heterocycles. The zero-order valence-corrected chi connectivity index (χ0v) is 18.1. The molecule has 0 saturated carbocycles. The predicted octanol–water partition coefficient (Wildman–Crippen LogP) is 4.26. The molecule has 2 aliphatic heterocycles. The lowest BCUT2D eigenvalue weighted by atomic mass is 9.94. The number of aromatic nitrogens is 1. The van der Waals surface area contributed by atoms with Gasteiger partial charge in [-0.1, -0.05) is 29.8 Å². The lowest BCUT2D eigenvalue weighted by molar-refractivity contribution is -0.141. The molecule has 0 N–H and O–H groups in total. The first kappa shape index (κ1) is 20.4. The number of amides is 2. The predicted molar refractivity (Wildman–Crippen MR) is 116 cm³/mol. The Morgan fingerprint density at radius 2 is 1.76 bits per heavy atom. The van der Waals surface area contributed by atoms with E-state index < -0.39 is 0 Å². The summed E-state index contributed by atoms with van der Waals surface area (Å²) in [6.07, 6.45) is 5.29. The van der Waals surface area contributed by atoms with Gasteiger partial charge in [0.15, 0.2) is 0 Å². The number of halogens is 1. The second-order valence-electron chi connectivity index (χ2n) is 7.84. The van der Waals surface area contributed by atoms with Gasteiger partial charge in [-0.3, -0.25) is 9.59 Å². The Morgan fingerprint density at radius 1 is 1.03 bits per heavy atom. The average Bonchev–Trinajstić information content (AvgIpc) is 3.22. The number of rotatable bonds is 4. The molecule has 2 aliphatic rings. The quantitative estimate of drug-likeness (QED) is 0.726. The van der Waals surface area contributed by atoms with Crippen molar-refractivity contribution >= 4 is 34.8 Å². The van der Waals surface area contributed by atoms with Crippen LogP contribution in [-0.2, 0) is 16.0 Å². The van der Waals surface area contributed by atoms with E-state index in [1.807, 2.05) is 39.4 Å².